The van der Waals surface area contributed by atoms with Gasteiger partial charge in [0, 0.05) is 34.6 Å². The number of hydrogen-bond donors (Lipinski definition) is 2. The Balaban J connectivity index is 1.69. The van der Waals surface area contributed by atoms with Crippen molar-refractivity contribution in [3.8, 4) is 0 Å². The summed E-state index contributed by atoms with van der Waals surface area (Å²) in [5.41, 5.74) is 0.246. The number of nitrogens with zero attached hydrogens (tertiary/aromatic N) is 2. The van der Waals surface area contributed by atoms with Crippen LogP contribution < -0.4 is 10.6 Å². The van der Waals surface area contributed by atoms with Gasteiger partial charge >= 0.3 is 0 Å². The molecule has 2 fully saturated rings. The highest BCUT2D eigenvalue weighted by Crippen LogP contribution is 2.29. The first kappa shape index (κ1) is 22.0. The zero-order valence-electron chi connectivity index (χ0n) is 18.3. The fourth-order valence-electron chi connectivity index (χ4n) is 5.27. The van der Waals surface area contributed by atoms with Crippen molar-refractivity contribution in [3.05, 3.63) is 22.4 Å². The molecule has 0 amide bonds. The lowest BCUT2D eigenvalue weighted by Gasteiger charge is -2.47. The molecule has 3 heterocycles. The van der Waals surface area contributed by atoms with Gasteiger partial charge in [-0.1, -0.05) is 13.0 Å². The molecule has 2 N–H and O–H groups in total. The van der Waals surface area contributed by atoms with Gasteiger partial charge in [0.25, 0.3) is 0 Å². The van der Waals surface area contributed by atoms with E-state index in [1.807, 2.05) is 11.3 Å². The lowest BCUT2D eigenvalue weighted by molar-refractivity contribution is 0.152. The summed E-state index contributed by atoms with van der Waals surface area (Å²) >= 11 is 7.80. The minimum absolute atomic E-state index is 0.123. The van der Waals surface area contributed by atoms with Crippen LogP contribution in [-0.2, 0) is 6.54 Å². The normalized spacial score (nSPS) is 25.0. The number of thiophene rings is 1. The maximum Gasteiger partial charge on any atom is 0.169 e. The molecule has 2 aliphatic rings. The van der Waals surface area contributed by atoms with Gasteiger partial charge in [-0.3, -0.25) is 4.90 Å². The standard InChI is InChI=1S/C22H38N4S2/c1-6-25-11-7-9-18(25)15-26(16-19-10-8-12-28-19)20(27)23-17-13-21(2,3)24-22(4,5)14-17/h8,10,12,17-18,24H,6-7,9,11,13-16H2,1-5H3,(H,23,27). The molecule has 1 aromatic rings. The van der Waals surface area contributed by atoms with E-state index < -0.39 is 0 Å². The van der Waals surface area contributed by atoms with Crippen molar-refractivity contribution in [2.45, 2.75) is 90.0 Å². The lowest BCUT2D eigenvalue weighted by atomic mass is 9.80. The van der Waals surface area contributed by atoms with Crippen molar-refractivity contribution in [1.29, 1.82) is 0 Å². The van der Waals surface area contributed by atoms with E-state index >= 15 is 0 Å². The summed E-state index contributed by atoms with van der Waals surface area (Å²) in [5.74, 6) is 0. The first-order valence-electron chi connectivity index (χ1n) is 10.8. The Bertz CT molecular complexity index is 625. The Morgan fingerprint density at radius 3 is 2.64 bits per heavy atom. The van der Waals surface area contributed by atoms with Gasteiger partial charge in [0.05, 0.1) is 6.54 Å². The van der Waals surface area contributed by atoms with Crippen LogP contribution in [-0.4, -0.2) is 57.7 Å². The number of thiocarbonyl (C=S) groups is 1. The summed E-state index contributed by atoms with van der Waals surface area (Å²) in [6.07, 6.45) is 4.77. The SMILES string of the molecule is CCN1CCCC1CN(Cc1cccs1)C(=S)NC1CC(C)(C)NC(C)(C)C1. The highest BCUT2D eigenvalue weighted by molar-refractivity contribution is 7.80. The Kier molecular flexibility index (Phi) is 7.06. The molecular weight excluding hydrogens is 384 g/mol. The Labute approximate surface area is 181 Å². The van der Waals surface area contributed by atoms with Crippen LogP contribution in [0.3, 0.4) is 0 Å². The molecule has 6 heteroatoms. The number of rotatable bonds is 6. The average molecular weight is 423 g/mol. The van der Waals surface area contributed by atoms with Crippen LogP contribution in [0.5, 0.6) is 0 Å². The number of nitrogens with one attached hydrogen (secondary N) is 2. The molecular formula is C22H38N4S2. The molecule has 1 unspecified atom stereocenters. The monoisotopic (exact) mass is 422 g/mol. The van der Waals surface area contributed by atoms with Crippen molar-refractivity contribution >= 4 is 28.7 Å². The van der Waals surface area contributed by atoms with Crippen molar-refractivity contribution in [2.75, 3.05) is 19.6 Å². The van der Waals surface area contributed by atoms with Crippen molar-refractivity contribution < 1.29 is 0 Å². The number of hydrogen-bond acceptors (Lipinski definition) is 4. The third-order valence-electron chi connectivity index (χ3n) is 6.07. The zero-order valence-corrected chi connectivity index (χ0v) is 19.9. The van der Waals surface area contributed by atoms with Gasteiger partial charge in [0.2, 0.25) is 0 Å². The van der Waals surface area contributed by atoms with Gasteiger partial charge in [-0.2, -0.15) is 0 Å². The largest absolute Gasteiger partial charge is 0.360 e. The molecule has 1 aromatic heterocycles. The summed E-state index contributed by atoms with van der Waals surface area (Å²) in [6, 6.07) is 5.39. The van der Waals surface area contributed by atoms with Gasteiger partial charge in [-0.15, -0.1) is 11.3 Å². The fraction of sp³-hybridized carbons (Fsp3) is 0.773. The maximum atomic E-state index is 5.97. The summed E-state index contributed by atoms with van der Waals surface area (Å²) < 4.78 is 0. The molecule has 2 aliphatic heterocycles. The zero-order chi connectivity index (χ0) is 20.4. The van der Waals surface area contributed by atoms with Crippen molar-refractivity contribution in [1.82, 2.24) is 20.4 Å². The smallest absolute Gasteiger partial charge is 0.169 e. The van der Waals surface area contributed by atoms with E-state index in [1.54, 1.807) is 0 Å². The second-order valence-electron chi connectivity index (χ2n) is 9.83. The minimum atomic E-state index is 0.123. The Hall–Kier alpha value is -0.690. The van der Waals surface area contributed by atoms with E-state index in [0.29, 0.717) is 12.1 Å². The second-order valence-corrected chi connectivity index (χ2v) is 11.3. The molecule has 0 aromatic carbocycles. The van der Waals surface area contributed by atoms with Crippen molar-refractivity contribution in [3.63, 3.8) is 0 Å². The van der Waals surface area contributed by atoms with Crippen LogP contribution in [0, 0.1) is 0 Å². The van der Waals surface area contributed by atoms with Crippen LogP contribution >= 0.6 is 23.6 Å². The molecule has 0 radical (unpaired) electrons. The molecule has 0 spiro atoms. The van der Waals surface area contributed by atoms with Crippen LogP contribution in [0.25, 0.3) is 0 Å². The van der Waals surface area contributed by atoms with Crippen LogP contribution in [0.15, 0.2) is 17.5 Å². The quantitative estimate of drug-likeness (QED) is 0.671. The van der Waals surface area contributed by atoms with E-state index in [-0.39, 0.29) is 11.1 Å². The van der Waals surface area contributed by atoms with Gasteiger partial charge in [-0.25, -0.2) is 0 Å². The number of likely N-dealkylation sites (tertiary alicyclic amines) is 1. The first-order chi connectivity index (χ1) is 13.2. The van der Waals surface area contributed by atoms with E-state index in [9.17, 15) is 0 Å². The van der Waals surface area contributed by atoms with Crippen LogP contribution in [0.1, 0.15) is 65.2 Å². The molecule has 0 saturated carbocycles. The molecule has 4 nitrogen and oxygen atoms in total. The van der Waals surface area contributed by atoms with Gasteiger partial charge in [0.15, 0.2) is 5.11 Å². The second kappa shape index (κ2) is 8.99. The topological polar surface area (TPSA) is 30.5 Å². The predicted molar refractivity (Wildman–Crippen MR) is 125 cm³/mol. The molecule has 1 atom stereocenters. The molecule has 2 saturated heterocycles. The molecule has 3 rings (SSSR count). The first-order valence-corrected chi connectivity index (χ1v) is 12.1. The van der Waals surface area contributed by atoms with Crippen LogP contribution in [0.2, 0.25) is 0 Å². The molecule has 158 valence electrons. The molecule has 0 aliphatic carbocycles. The van der Waals surface area contributed by atoms with Gasteiger partial charge < -0.3 is 15.5 Å². The highest BCUT2D eigenvalue weighted by atomic mass is 32.1. The molecule has 28 heavy (non-hydrogen) atoms. The number of piperidine rings is 1. The average Bonchev–Trinajstić information content (AvgIpc) is 3.22. The highest BCUT2D eigenvalue weighted by Gasteiger charge is 2.38. The van der Waals surface area contributed by atoms with E-state index in [2.05, 4.69) is 72.6 Å². The summed E-state index contributed by atoms with van der Waals surface area (Å²) in [5, 5.41) is 10.6. The third-order valence-corrected chi connectivity index (χ3v) is 7.31. The van der Waals surface area contributed by atoms with Crippen LogP contribution in [0.4, 0.5) is 0 Å². The maximum absolute atomic E-state index is 5.97. The predicted octanol–water partition coefficient (Wildman–Crippen LogP) is 4.22. The fourth-order valence-corrected chi connectivity index (χ4v) is 6.30. The van der Waals surface area contributed by atoms with E-state index in [0.717, 1.165) is 37.6 Å². The lowest BCUT2D eigenvalue weighted by Crippen LogP contribution is -2.63. The molecule has 0 bridgehead atoms. The Morgan fingerprint density at radius 2 is 2.04 bits per heavy atom. The third kappa shape index (κ3) is 5.91. The Morgan fingerprint density at radius 1 is 1.32 bits per heavy atom. The number of likely N-dealkylation sites (N-methyl/N-ethyl adjacent to an activating group) is 1. The van der Waals surface area contributed by atoms with E-state index in [1.165, 1.54) is 24.3 Å². The van der Waals surface area contributed by atoms with Crippen molar-refractivity contribution in [2.24, 2.45) is 0 Å². The summed E-state index contributed by atoms with van der Waals surface area (Å²) in [4.78, 5) is 6.42. The minimum Gasteiger partial charge on any atom is -0.360 e. The van der Waals surface area contributed by atoms with Gasteiger partial charge in [-0.05, 0) is 90.1 Å². The summed E-state index contributed by atoms with van der Waals surface area (Å²) in [7, 11) is 0. The summed E-state index contributed by atoms with van der Waals surface area (Å²) in [6.45, 7) is 15.8. The van der Waals surface area contributed by atoms with E-state index in [4.69, 9.17) is 12.2 Å². The van der Waals surface area contributed by atoms with Gasteiger partial charge in [0.1, 0.15) is 0 Å².